The topological polar surface area (TPSA) is 0 Å². The van der Waals surface area contributed by atoms with E-state index in [9.17, 15) is 0 Å². The van der Waals surface area contributed by atoms with Gasteiger partial charge in [0.05, 0.1) is 0 Å². The highest BCUT2D eigenvalue weighted by molar-refractivity contribution is 5.91. The summed E-state index contributed by atoms with van der Waals surface area (Å²) in [5.41, 5.74) is 6.35. The zero-order valence-corrected chi connectivity index (χ0v) is 13.9. The van der Waals surface area contributed by atoms with E-state index in [-0.39, 0.29) is 0 Å². The molecule has 0 unspecified atom stereocenters. The molecular weight excluding hydrogens is 240 g/mol. The normalized spacial score (nSPS) is 11.8. The van der Waals surface area contributed by atoms with Crippen LogP contribution in [0.5, 0.6) is 0 Å². The van der Waals surface area contributed by atoms with E-state index in [1.165, 1.54) is 10.8 Å². The van der Waals surface area contributed by atoms with Gasteiger partial charge in [0.15, 0.2) is 0 Å². The minimum Gasteiger partial charge on any atom is -0.0616 e. The van der Waals surface area contributed by atoms with E-state index in [0.717, 1.165) is 12.8 Å². The van der Waals surface area contributed by atoms with Crippen molar-refractivity contribution in [3.05, 3.63) is 46.5 Å². The summed E-state index contributed by atoms with van der Waals surface area (Å²) in [4.78, 5) is 0. The van der Waals surface area contributed by atoms with Gasteiger partial charge in [-0.3, -0.25) is 0 Å². The van der Waals surface area contributed by atoms with Gasteiger partial charge >= 0.3 is 0 Å². The number of hydrogen-bond acceptors (Lipinski definition) is 0. The molecule has 0 atom stereocenters. The fraction of sp³-hybridized carbons (Fsp3) is 0.500. The molecule has 2 rings (SSSR count). The highest BCUT2D eigenvalue weighted by atomic mass is 14.2. The Bertz CT molecular complexity index is 603. The molecule has 0 N–H and O–H groups in total. The van der Waals surface area contributed by atoms with Crippen molar-refractivity contribution in [1.29, 1.82) is 0 Å². The fourth-order valence-corrected chi connectivity index (χ4v) is 3.70. The molecule has 108 valence electrons. The second kappa shape index (κ2) is 5.99. The predicted octanol–water partition coefficient (Wildman–Crippen LogP) is 6.21. The Balaban J connectivity index is 3.01. The quantitative estimate of drug-likeness (QED) is 0.618. The van der Waals surface area contributed by atoms with Crippen LogP contribution in [0.25, 0.3) is 10.8 Å². The maximum Gasteiger partial charge on any atom is -0.0143 e. The van der Waals surface area contributed by atoms with Crippen molar-refractivity contribution in [1.82, 2.24) is 0 Å². The van der Waals surface area contributed by atoms with Crippen LogP contribution in [0.2, 0.25) is 0 Å². The van der Waals surface area contributed by atoms with Crippen LogP contribution in [-0.4, -0.2) is 0 Å². The predicted molar refractivity (Wildman–Crippen MR) is 90.9 cm³/mol. The van der Waals surface area contributed by atoms with Gasteiger partial charge in [-0.1, -0.05) is 65.8 Å². The first-order valence-corrected chi connectivity index (χ1v) is 8.09. The van der Waals surface area contributed by atoms with Gasteiger partial charge in [0.25, 0.3) is 0 Å². The second-order valence-corrected chi connectivity index (χ2v) is 6.35. The SMILES string of the molecule is CCc1c(C(C)C)c(C(C)C)c2ccccc2c1CC. The molecule has 0 aromatic heterocycles. The lowest BCUT2D eigenvalue weighted by Crippen LogP contribution is -2.08. The molecule has 2 aromatic rings. The molecule has 0 radical (unpaired) electrons. The van der Waals surface area contributed by atoms with Crippen LogP contribution < -0.4 is 0 Å². The molecule has 0 aliphatic carbocycles. The lowest BCUT2D eigenvalue weighted by atomic mass is 9.79. The lowest BCUT2D eigenvalue weighted by molar-refractivity contribution is 0.778. The minimum atomic E-state index is 0.577. The van der Waals surface area contributed by atoms with Gasteiger partial charge < -0.3 is 0 Å². The smallest absolute Gasteiger partial charge is 0.0143 e. The first-order valence-electron chi connectivity index (χ1n) is 8.09. The Morgan fingerprint density at radius 2 is 1.20 bits per heavy atom. The highest BCUT2D eigenvalue weighted by Gasteiger charge is 2.20. The van der Waals surface area contributed by atoms with E-state index < -0.39 is 0 Å². The summed E-state index contributed by atoms with van der Waals surface area (Å²) in [6, 6.07) is 8.99. The second-order valence-electron chi connectivity index (χ2n) is 6.35. The van der Waals surface area contributed by atoms with Crippen molar-refractivity contribution in [3.63, 3.8) is 0 Å². The van der Waals surface area contributed by atoms with Gasteiger partial charge in [-0.05, 0) is 57.7 Å². The number of benzene rings is 2. The largest absolute Gasteiger partial charge is 0.0616 e. The van der Waals surface area contributed by atoms with Crippen LogP contribution in [0.3, 0.4) is 0 Å². The molecule has 0 saturated carbocycles. The molecule has 0 bridgehead atoms. The molecule has 0 spiro atoms. The Morgan fingerprint density at radius 1 is 0.700 bits per heavy atom. The van der Waals surface area contributed by atoms with E-state index in [4.69, 9.17) is 0 Å². The van der Waals surface area contributed by atoms with Gasteiger partial charge in [-0.2, -0.15) is 0 Å². The van der Waals surface area contributed by atoms with Crippen LogP contribution in [0.4, 0.5) is 0 Å². The van der Waals surface area contributed by atoms with E-state index in [1.54, 1.807) is 22.3 Å². The molecule has 0 amide bonds. The van der Waals surface area contributed by atoms with Crippen molar-refractivity contribution < 1.29 is 0 Å². The summed E-state index contributed by atoms with van der Waals surface area (Å²) in [6.45, 7) is 13.9. The number of rotatable bonds is 4. The monoisotopic (exact) mass is 268 g/mol. The number of hydrogen-bond donors (Lipinski definition) is 0. The molecule has 0 saturated heterocycles. The van der Waals surface area contributed by atoms with Crippen molar-refractivity contribution in [3.8, 4) is 0 Å². The van der Waals surface area contributed by atoms with Crippen molar-refractivity contribution in [2.45, 2.75) is 66.2 Å². The zero-order chi connectivity index (χ0) is 14.9. The summed E-state index contributed by atoms with van der Waals surface area (Å²) >= 11 is 0. The molecule has 0 heterocycles. The van der Waals surface area contributed by atoms with Crippen LogP contribution in [0.15, 0.2) is 24.3 Å². The molecule has 20 heavy (non-hydrogen) atoms. The van der Waals surface area contributed by atoms with E-state index in [1.807, 2.05) is 0 Å². The molecular formula is C20H28. The number of fused-ring (bicyclic) bond motifs is 1. The summed E-state index contributed by atoms with van der Waals surface area (Å²) in [5, 5.41) is 2.94. The summed E-state index contributed by atoms with van der Waals surface area (Å²) in [7, 11) is 0. The average Bonchev–Trinajstić information content (AvgIpc) is 2.43. The van der Waals surface area contributed by atoms with E-state index in [0.29, 0.717) is 11.8 Å². The third-order valence-electron chi connectivity index (χ3n) is 4.38. The maximum absolute atomic E-state index is 2.34. The zero-order valence-electron chi connectivity index (χ0n) is 13.9. The van der Waals surface area contributed by atoms with Crippen LogP contribution >= 0.6 is 0 Å². The van der Waals surface area contributed by atoms with Gasteiger partial charge in [0.1, 0.15) is 0 Å². The summed E-state index contributed by atoms with van der Waals surface area (Å²) in [5.74, 6) is 1.17. The fourth-order valence-electron chi connectivity index (χ4n) is 3.70. The molecule has 0 aliphatic heterocycles. The lowest BCUT2D eigenvalue weighted by Gasteiger charge is -2.26. The Hall–Kier alpha value is -1.30. The van der Waals surface area contributed by atoms with Crippen molar-refractivity contribution >= 4 is 10.8 Å². The van der Waals surface area contributed by atoms with Gasteiger partial charge in [-0.15, -0.1) is 0 Å². The Labute approximate surface area is 124 Å². The van der Waals surface area contributed by atoms with Crippen molar-refractivity contribution in [2.75, 3.05) is 0 Å². The molecule has 2 aromatic carbocycles. The third-order valence-corrected chi connectivity index (χ3v) is 4.38. The minimum absolute atomic E-state index is 0.577. The van der Waals surface area contributed by atoms with E-state index >= 15 is 0 Å². The standard InChI is InChI=1S/C20H28/c1-7-15-16(8-2)19(13(3)4)20(14(5)6)18-12-10-9-11-17(15)18/h9-14H,7-8H2,1-6H3. The van der Waals surface area contributed by atoms with Gasteiger partial charge in [0, 0.05) is 0 Å². The first kappa shape index (κ1) is 15.1. The third kappa shape index (κ3) is 2.37. The number of aryl methyl sites for hydroxylation is 1. The Morgan fingerprint density at radius 3 is 1.65 bits per heavy atom. The Kier molecular flexibility index (Phi) is 4.52. The molecule has 0 heteroatoms. The maximum atomic E-state index is 2.34. The molecule has 0 aliphatic rings. The summed E-state index contributed by atoms with van der Waals surface area (Å²) in [6.07, 6.45) is 2.27. The van der Waals surface area contributed by atoms with Crippen molar-refractivity contribution in [2.24, 2.45) is 0 Å². The molecule has 0 nitrogen and oxygen atoms in total. The molecule has 0 fully saturated rings. The van der Waals surface area contributed by atoms with E-state index in [2.05, 4.69) is 65.8 Å². The van der Waals surface area contributed by atoms with Gasteiger partial charge in [0.2, 0.25) is 0 Å². The first-order chi connectivity index (χ1) is 9.52. The van der Waals surface area contributed by atoms with Crippen LogP contribution in [-0.2, 0) is 12.8 Å². The average molecular weight is 268 g/mol. The van der Waals surface area contributed by atoms with Crippen LogP contribution in [0, 0.1) is 0 Å². The highest BCUT2D eigenvalue weighted by Crippen LogP contribution is 2.39. The summed E-state index contributed by atoms with van der Waals surface area (Å²) < 4.78 is 0. The van der Waals surface area contributed by atoms with Crippen LogP contribution in [0.1, 0.15) is 75.6 Å². The van der Waals surface area contributed by atoms with Gasteiger partial charge in [-0.25, -0.2) is 0 Å².